The highest BCUT2D eigenvalue weighted by molar-refractivity contribution is 6.03. The lowest BCUT2D eigenvalue weighted by Gasteiger charge is -2.09. The third kappa shape index (κ3) is 3.75. The first-order chi connectivity index (χ1) is 11.5. The van der Waals surface area contributed by atoms with Gasteiger partial charge in [-0.15, -0.1) is 0 Å². The number of nitrogens with zero attached hydrogens (tertiary/aromatic N) is 1. The van der Waals surface area contributed by atoms with Crippen molar-refractivity contribution in [3.63, 3.8) is 0 Å². The van der Waals surface area contributed by atoms with E-state index in [0.29, 0.717) is 28.3 Å². The van der Waals surface area contributed by atoms with Crippen LogP contribution in [0.25, 0.3) is 0 Å². The number of ether oxygens (including phenoxy) is 2. The van der Waals surface area contributed by atoms with Crippen LogP contribution in [0.15, 0.2) is 41.5 Å². The number of carbonyl (C=O) groups excluding carboxylic acids is 1. The van der Waals surface area contributed by atoms with Crippen LogP contribution in [-0.2, 0) is 0 Å². The van der Waals surface area contributed by atoms with E-state index in [-0.39, 0.29) is 11.5 Å². The molecule has 0 aliphatic carbocycles. The molecule has 0 bridgehead atoms. The zero-order chi connectivity index (χ0) is 17.7. The number of amides is 1. The Kier molecular flexibility index (Phi) is 5.26. The molecular weight excluding hydrogens is 312 g/mol. The molecule has 7 nitrogen and oxygen atoms in total. The molecule has 0 aliphatic rings. The molecule has 0 saturated carbocycles. The van der Waals surface area contributed by atoms with Crippen LogP contribution in [-0.4, -0.2) is 36.1 Å². The summed E-state index contributed by atoms with van der Waals surface area (Å²) in [7, 11) is 2.99. The molecule has 3 N–H and O–H groups in total. The molecule has 1 amide bonds. The monoisotopic (exact) mass is 330 g/mol. The maximum absolute atomic E-state index is 12.2. The molecule has 2 aromatic carbocycles. The number of phenols is 2. The van der Waals surface area contributed by atoms with Crippen molar-refractivity contribution in [1.82, 2.24) is 5.43 Å². The number of rotatable bonds is 5. The van der Waals surface area contributed by atoms with Gasteiger partial charge in [-0.05, 0) is 43.3 Å². The van der Waals surface area contributed by atoms with E-state index in [1.54, 1.807) is 19.1 Å². The maximum atomic E-state index is 12.2. The molecule has 0 aromatic heterocycles. The summed E-state index contributed by atoms with van der Waals surface area (Å²) in [5.74, 6) is 0.433. The summed E-state index contributed by atoms with van der Waals surface area (Å²) in [4.78, 5) is 12.2. The highest BCUT2D eigenvalue weighted by Crippen LogP contribution is 2.27. The molecule has 0 saturated heterocycles. The van der Waals surface area contributed by atoms with Crippen LogP contribution < -0.4 is 14.9 Å². The molecule has 2 rings (SSSR count). The molecular formula is C17H18N2O5. The van der Waals surface area contributed by atoms with E-state index in [1.807, 2.05) is 0 Å². The number of hydrogen-bond acceptors (Lipinski definition) is 6. The Morgan fingerprint density at radius 1 is 1.04 bits per heavy atom. The Balaban J connectivity index is 2.19. The second-order valence-corrected chi connectivity index (χ2v) is 4.91. The molecule has 126 valence electrons. The summed E-state index contributed by atoms with van der Waals surface area (Å²) in [5, 5.41) is 23.2. The van der Waals surface area contributed by atoms with Gasteiger partial charge in [-0.25, -0.2) is 5.43 Å². The van der Waals surface area contributed by atoms with Crippen LogP contribution in [0.5, 0.6) is 23.0 Å². The fourth-order valence-electron chi connectivity index (χ4n) is 2.05. The summed E-state index contributed by atoms with van der Waals surface area (Å²) in [6.45, 7) is 1.60. The molecule has 7 heteroatoms. The van der Waals surface area contributed by atoms with Gasteiger partial charge in [0.1, 0.15) is 11.5 Å². The van der Waals surface area contributed by atoms with Gasteiger partial charge in [-0.1, -0.05) is 0 Å². The Labute approximate surface area is 139 Å². The summed E-state index contributed by atoms with van der Waals surface area (Å²) < 4.78 is 10.3. The molecule has 24 heavy (non-hydrogen) atoms. The Morgan fingerprint density at radius 2 is 1.75 bits per heavy atom. The molecule has 0 heterocycles. The fourth-order valence-corrected chi connectivity index (χ4v) is 2.05. The largest absolute Gasteiger partial charge is 0.508 e. The van der Waals surface area contributed by atoms with Crippen molar-refractivity contribution in [2.24, 2.45) is 5.10 Å². The summed E-state index contributed by atoms with van der Waals surface area (Å²) >= 11 is 0. The van der Waals surface area contributed by atoms with Gasteiger partial charge in [0.15, 0.2) is 11.5 Å². The van der Waals surface area contributed by atoms with Crippen molar-refractivity contribution in [2.45, 2.75) is 6.92 Å². The van der Waals surface area contributed by atoms with E-state index in [1.165, 1.54) is 38.5 Å². The van der Waals surface area contributed by atoms with Crippen LogP contribution in [0.1, 0.15) is 22.8 Å². The van der Waals surface area contributed by atoms with Gasteiger partial charge in [-0.3, -0.25) is 4.79 Å². The highest BCUT2D eigenvalue weighted by atomic mass is 16.5. The number of hydrogen-bond donors (Lipinski definition) is 3. The van der Waals surface area contributed by atoms with E-state index in [4.69, 9.17) is 9.47 Å². The third-order valence-electron chi connectivity index (χ3n) is 3.34. The molecule has 0 atom stereocenters. The summed E-state index contributed by atoms with van der Waals surface area (Å²) in [6, 6.07) is 8.79. The van der Waals surface area contributed by atoms with Gasteiger partial charge in [0, 0.05) is 11.1 Å². The lowest BCUT2D eigenvalue weighted by atomic mass is 10.1. The zero-order valence-electron chi connectivity index (χ0n) is 13.5. The molecule has 0 aliphatic heterocycles. The normalized spacial score (nSPS) is 11.0. The van der Waals surface area contributed by atoms with Crippen LogP contribution in [0.2, 0.25) is 0 Å². The van der Waals surface area contributed by atoms with Gasteiger partial charge < -0.3 is 19.7 Å². The van der Waals surface area contributed by atoms with E-state index < -0.39 is 5.91 Å². The van der Waals surface area contributed by atoms with Gasteiger partial charge in [0.25, 0.3) is 5.91 Å². The average Bonchev–Trinajstić information content (AvgIpc) is 2.60. The summed E-state index contributed by atoms with van der Waals surface area (Å²) in [6.07, 6.45) is 0. The van der Waals surface area contributed by atoms with Crippen LogP contribution >= 0.6 is 0 Å². The minimum Gasteiger partial charge on any atom is -0.508 e. The van der Waals surface area contributed by atoms with Crippen LogP contribution in [0.4, 0.5) is 0 Å². The van der Waals surface area contributed by atoms with Crippen molar-refractivity contribution < 1.29 is 24.5 Å². The molecule has 0 fully saturated rings. The molecule has 0 spiro atoms. The topological polar surface area (TPSA) is 100 Å². The molecule has 2 aromatic rings. The van der Waals surface area contributed by atoms with Crippen molar-refractivity contribution >= 4 is 11.6 Å². The summed E-state index contributed by atoms with van der Waals surface area (Å²) in [5.41, 5.74) is 3.40. The van der Waals surface area contributed by atoms with Crippen molar-refractivity contribution in [3.05, 3.63) is 47.5 Å². The van der Waals surface area contributed by atoms with E-state index in [2.05, 4.69) is 10.5 Å². The lowest BCUT2D eigenvalue weighted by molar-refractivity contribution is 0.0954. The smallest absolute Gasteiger partial charge is 0.271 e. The number of benzene rings is 2. The van der Waals surface area contributed by atoms with Gasteiger partial charge in [0.2, 0.25) is 0 Å². The Morgan fingerprint density at radius 3 is 2.42 bits per heavy atom. The van der Waals surface area contributed by atoms with Crippen molar-refractivity contribution in [2.75, 3.05) is 14.2 Å². The quantitative estimate of drug-likeness (QED) is 0.443. The Hall–Kier alpha value is -3.22. The van der Waals surface area contributed by atoms with E-state index in [0.717, 1.165) is 0 Å². The zero-order valence-corrected chi connectivity index (χ0v) is 13.5. The molecule has 0 unspecified atom stereocenters. The van der Waals surface area contributed by atoms with E-state index in [9.17, 15) is 15.0 Å². The average molecular weight is 330 g/mol. The highest BCUT2D eigenvalue weighted by Gasteiger charge is 2.11. The SMILES string of the molecule is COc1ccc(C(=O)N/N=C(/C)c2cc(O)ccc2O)cc1OC. The third-order valence-corrected chi connectivity index (χ3v) is 3.34. The fraction of sp³-hybridized carbons (Fsp3) is 0.176. The van der Waals surface area contributed by atoms with Crippen LogP contribution in [0, 0.1) is 0 Å². The van der Waals surface area contributed by atoms with Gasteiger partial charge in [0.05, 0.1) is 19.9 Å². The first-order valence-corrected chi connectivity index (χ1v) is 7.05. The number of aromatic hydroxyl groups is 2. The number of methoxy groups -OCH3 is 2. The van der Waals surface area contributed by atoms with E-state index >= 15 is 0 Å². The predicted octanol–water partition coefficient (Wildman–Crippen LogP) is 2.27. The second-order valence-electron chi connectivity index (χ2n) is 4.91. The maximum Gasteiger partial charge on any atom is 0.271 e. The van der Waals surface area contributed by atoms with Crippen LogP contribution in [0.3, 0.4) is 0 Å². The molecule has 0 radical (unpaired) electrons. The van der Waals surface area contributed by atoms with Gasteiger partial charge >= 0.3 is 0 Å². The number of hydrazone groups is 1. The number of nitrogens with one attached hydrogen (secondary N) is 1. The first kappa shape index (κ1) is 17.1. The van der Waals surface area contributed by atoms with Gasteiger partial charge in [-0.2, -0.15) is 5.10 Å². The number of phenolic OH excluding ortho intramolecular Hbond substituents is 2. The minimum atomic E-state index is -0.449. The lowest BCUT2D eigenvalue weighted by Crippen LogP contribution is -2.19. The standard InChI is InChI=1S/C17H18N2O5/c1-10(13-9-12(20)5-6-14(13)21)18-19-17(22)11-4-7-15(23-2)16(8-11)24-3/h4-9,20-21H,1-3H3,(H,19,22)/b18-10-. The number of carbonyl (C=O) groups is 1. The predicted molar refractivity (Wildman–Crippen MR) is 89.0 cm³/mol. The first-order valence-electron chi connectivity index (χ1n) is 7.05. The Bertz CT molecular complexity index is 787. The van der Waals surface area contributed by atoms with Crippen molar-refractivity contribution in [1.29, 1.82) is 0 Å². The second kappa shape index (κ2) is 7.36. The van der Waals surface area contributed by atoms with Crippen molar-refractivity contribution in [3.8, 4) is 23.0 Å². The minimum absolute atomic E-state index is 0.0106.